The van der Waals surface area contributed by atoms with Gasteiger partial charge in [0.2, 0.25) is 0 Å². The first-order valence-corrected chi connectivity index (χ1v) is 8.28. The Bertz CT molecular complexity index is 944. The molecular weight excluding hydrogens is 333 g/mol. The first-order valence-electron chi connectivity index (χ1n) is 8.28. The number of halogens is 1. The van der Waals surface area contributed by atoms with Gasteiger partial charge in [-0.15, -0.1) is 0 Å². The van der Waals surface area contributed by atoms with Crippen molar-refractivity contribution in [1.82, 2.24) is 15.0 Å². The van der Waals surface area contributed by atoms with E-state index in [1.165, 1.54) is 12.3 Å². The Morgan fingerprint density at radius 2 is 1.92 bits per heavy atom. The minimum atomic E-state index is -0.492. The molecule has 0 amide bonds. The van der Waals surface area contributed by atoms with Crippen LogP contribution < -0.4 is 4.74 Å². The molecule has 0 fully saturated rings. The molecule has 6 heteroatoms. The number of ketones is 1. The molecule has 0 spiro atoms. The van der Waals surface area contributed by atoms with Gasteiger partial charge < -0.3 is 4.74 Å². The number of Topliss-reactive ketones (excluding diaryl/α,β-unsaturated/α-hetero) is 1. The van der Waals surface area contributed by atoms with E-state index in [-0.39, 0.29) is 18.0 Å². The lowest BCUT2D eigenvalue weighted by Crippen LogP contribution is -2.09. The molecule has 0 saturated carbocycles. The van der Waals surface area contributed by atoms with Gasteiger partial charge in [-0.25, -0.2) is 9.37 Å². The number of carbonyl (C=O) groups is 1. The van der Waals surface area contributed by atoms with E-state index in [4.69, 9.17) is 4.74 Å². The van der Waals surface area contributed by atoms with Gasteiger partial charge in [-0.2, -0.15) is 0 Å². The van der Waals surface area contributed by atoms with Gasteiger partial charge >= 0.3 is 0 Å². The Balaban J connectivity index is 1.85. The first-order chi connectivity index (χ1) is 12.5. The lowest BCUT2D eigenvalue weighted by Gasteiger charge is -2.09. The summed E-state index contributed by atoms with van der Waals surface area (Å²) in [6.07, 6.45) is 3.30. The SMILES string of the molecule is CCc1cc(Oc2cncc(F)c2)cc(C(=O)Cc2cccc(C)n2)n1. The number of aryl methyl sites for hydroxylation is 2. The van der Waals surface area contributed by atoms with E-state index in [1.807, 2.05) is 32.0 Å². The van der Waals surface area contributed by atoms with E-state index in [0.717, 1.165) is 11.9 Å². The maximum absolute atomic E-state index is 13.3. The van der Waals surface area contributed by atoms with Gasteiger partial charge in [0.15, 0.2) is 5.78 Å². The highest BCUT2D eigenvalue weighted by atomic mass is 19.1. The molecule has 3 heterocycles. The lowest BCUT2D eigenvalue weighted by atomic mass is 10.1. The average Bonchev–Trinajstić information content (AvgIpc) is 2.61. The van der Waals surface area contributed by atoms with E-state index in [9.17, 15) is 9.18 Å². The summed E-state index contributed by atoms with van der Waals surface area (Å²) in [6.45, 7) is 3.81. The van der Waals surface area contributed by atoms with E-state index >= 15 is 0 Å². The molecule has 0 bridgehead atoms. The van der Waals surface area contributed by atoms with Crippen LogP contribution in [0.4, 0.5) is 4.39 Å². The second-order valence-electron chi connectivity index (χ2n) is 5.84. The van der Waals surface area contributed by atoms with Crippen molar-refractivity contribution in [2.45, 2.75) is 26.7 Å². The maximum atomic E-state index is 13.3. The molecule has 0 saturated heterocycles. The number of ether oxygens (including phenoxy) is 1. The van der Waals surface area contributed by atoms with Crippen LogP contribution in [0.1, 0.15) is 34.5 Å². The van der Waals surface area contributed by atoms with Crippen LogP contribution in [0.3, 0.4) is 0 Å². The smallest absolute Gasteiger partial charge is 0.187 e. The fourth-order valence-corrected chi connectivity index (χ4v) is 2.48. The number of pyridine rings is 3. The topological polar surface area (TPSA) is 65.0 Å². The Morgan fingerprint density at radius 1 is 1.08 bits per heavy atom. The molecule has 0 N–H and O–H groups in total. The van der Waals surface area contributed by atoms with Crippen molar-refractivity contribution in [3.63, 3.8) is 0 Å². The minimum absolute atomic E-state index is 0.152. The van der Waals surface area contributed by atoms with Crippen molar-refractivity contribution in [3.05, 3.63) is 77.4 Å². The maximum Gasteiger partial charge on any atom is 0.187 e. The van der Waals surface area contributed by atoms with Gasteiger partial charge in [0.25, 0.3) is 0 Å². The van der Waals surface area contributed by atoms with Crippen molar-refractivity contribution >= 4 is 5.78 Å². The Kier molecular flexibility index (Phi) is 5.31. The summed E-state index contributed by atoms with van der Waals surface area (Å²) in [5, 5.41) is 0. The molecular formula is C20H18FN3O2. The molecule has 0 radical (unpaired) electrons. The van der Waals surface area contributed by atoms with E-state index in [0.29, 0.717) is 29.3 Å². The van der Waals surface area contributed by atoms with Crippen LogP contribution in [0.2, 0.25) is 0 Å². The molecule has 0 aromatic carbocycles. The van der Waals surface area contributed by atoms with Gasteiger partial charge in [0, 0.05) is 35.3 Å². The summed E-state index contributed by atoms with van der Waals surface area (Å²) >= 11 is 0. The standard InChI is InChI=1S/C20H18FN3O2/c1-3-15-8-17(26-18-7-14(21)11-22-12-18)10-19(24-15)20(25)9-16-6-4-5-13(2)23-16/h4-8,10-12H,3,9H2,1-2H3. The van der Waals surface area contributed by atoms with Crippen molar-refractivity contribution in [3.8, 4) is 11.5 Å². The number of carbonyl (C=O) groups excluding carboxylic acids is 1. The van der Waals surface area contributed by atoms with Gasteiger partial charge in [-0.05, 0) is 25.5 Å². The summed E-state index contributed by atoms with van der Waals surface area (Å²) in [7, 11) is 0. The van der Waals surface area contributed by atoms with Gasteiger partial charge in [-0.3, -0.25) is 14.8 Å². The van der Waals surface area contributed by atoms with Crippen molar-refractivity contribution in [2.75, 3.05) is 0 Å². The van der Waals surface area contributed by atoms with E-state index in [2.05, 4.69) is 15.0 Å². The minimum Gasteiger partial charge on any atom is -0.455 e. The van der Waals surface area contributed by atoms with Gasteiger partial charge in [-0.1, -0.05) is 13.0 Å². The monoisotopic (exact) mass is 351 g/mol. The summed E-state index contributed by atoms with van der Waals surface area (Å²) in [6, 6.07) is 10.1. The molecule has 3 aromatic heterocycles. The van der Waals surface area contributed by atoms with Gasteiger partial charge in [0.1, 0.15) is 23.0 Å². The highest BCUT2D eigenvalue weighted by Gasteiger charge is 2.13. The second-order valence-corrected chi connectivity index (χ2v) is 5.84. The van der Waals surface area contributed by atoms with Crippen molar-refractivity contribution in [2.24, 2.45) is 0 Å². The van der Waals surface area contributed by atoms with Crippen molar-refractivity contribution < 1.29 is 13.9 Å². The third kappa shape index (κ3) is 4.47. The van der Waals surface area contributed by atoms with E-state index < -0.39 is 5.82 Å². The normalized spacial score (nSPS) is 10.6. The molecule has 0 aliphatic rings. The summed E-state index contributed by atoms with van der Waals surface area (Å²) in [5.74, 6) is 0.0384. The molecule has 0 aliphatic heterocycles. The summed E-state index contributed by atoms with van der Waals surface area (Å²) < 4.78 is 18.9. The summed E-state index contributed by atoms with van der Waals surface area (Å²) in [5.41, 5.74) is 2.56. The highest BCUT2D eigenvalue weighted by Crippen LogP contribution is 2.23. The molecule has 3 rings (SSSR count). The highest BCUT2D eigenvalue weighted by molar-refractivity contribution is 5.95. The summed E-state index contributed by atoms with van der Waals surface area (Å²) in [4.78, 5) is 25.1. The zero-order chi connectivity index (χ0) is 18.5. The Labute approximate surface area is 150 Å². The number of hydrogen-bond donors (Lipinski definition) is 0. The van der Waals surface area contributed by atoms with Crippen LogP contribution in [0.15, 0.2) is 48.8 Å². The predicted molar refractivity (Wildman–Crippen MR) is 94.9 cm³/mol. The molecule has 0 unspecified atom stereocenters. The fourth-order valence-electron chi connectivity index (χ4n) is 2.48. The van der Waals surface area contributed by atoms with Crippen LogP contribution in [-0.2, 0) is 12.8 Å². The quantitative estimate of drug-likeness (QED) is 0.626. The number of rotatable bonds is 6. The predicted octanol–water partition coefficient (Wildman–Crippen LogP) is 4.10. The van der Waals surface area contributed by atoms with Crippen LogP contribution in [0.25, 0.3) is 0 Å². The van der Waals surface area contributed by atoms with Gasteiger partial charge in [0.05, 0.1) is 18.8 Å². The largest absolute Gasteiger partial charge is 0.455 e. The Hall–Kier alpha value is -3.15. The second kappa shape index (κ2) is 7.82. The zero-order valence-corrected chi connectivity index (χ0v) is 14.6. The molecule has 5 nitrogen and oxygen atoms in total. The van der Waals surface area contributed by atoms with Crippen molar-refractivity contribution in [1.29, 1.82) is 0 Å². The first kappa shape index (κ1) is 17.7. The average molecular weight is 351 g/mol. The molecule has 0 aliphatic carbocycles. The van der Waals surface area contributed by atoms with Crippen LogP contribution in [0.5, 0.6) is 11.5 Å². The lowest BCUT2D eigenvalue weighted by molar-refractivity contribution is 0.0986. The Morgan fingerprint density at radius 3 is 2.65 bits per heavy atom. The molecule has 0 atom stereocenters. The molecule has 26 heavy (non-hydrogen) atoms. The molecule has 132 valence electrons. The fraction of sp³-hybridized carbons (Fsp3) is 0.200. The van der Waals surface area contributed by atoms with Crippen LogP contribution >= 0.6 is 0 Å². The number of aromatic nitrogens is 3. The third-order valence-electron chi connectivity index (χ3n) is 3.70. The number of hydrogen-bond acceptors (Lipinski definition) is 5. The van der Waals surface area contributed by atoms with E-state index in [1.54, 1.807) is 12.1 Å². The molecule has 3 aromatic rings. The number of nitrogens with zero attached hydrogens (tertiary/aromatic N) is 3. The third-order valence-corrected chi connectivity index (χ3v) is 3.70. The van der Waals surface area contributed by atoms with Crippen LogP contribution in [0, 0.1) is 12.7 Å². The zero-order valence-electron chi connectivity index (χ0n) is 14.6. The van der Waals surface area contributed by atoms with Crippen LogP contribution in [-0.4, -0.2) is 20.7 Å².